The van der Waals surface area contributed by atoms with Gasteiger partial charge in [0.1, 0.15) is 13.2 Å². The monoisotopic (exact) mass is 1150 g/mol. The number of hydrogen-bond donors (Lipinski definition) is 2. The van der Waals surface area contributed by atoms with Crippen molar-refractivity contribution in [3.8, 4) is 0 Å². The van der Waals surface area contributed by atoms with Crippen LogP contribution in [0.3, 0.4) is 0 Å². The first-order chi connectivity index (χ1) is 39.0. The summed E-state index contributed by atoms with van der Waals surface area (Å²) < 4.78 is 23.5. The van der Waals surface area contributed by atoms with Crippen LogP contribution in [0.4, 0.5) is 0 Å². The summed E-state index contributed by atoms with van der Waals surface area (Å²) in [7, 11) is 1.28. The molecule has 9 heteroatoms. The smallest absolute Gasteiger partial charge is 0.268 e. The summed E-state index contributed by atoms with van der Waals surface area (Å²) in [5.41, 5.74) is 0. The normalized spacial score (nSPS) is 13.8. The Morgan fingerprint density at radius 1 is 0.438 bits per heavy atom. The largest absolute Gasteiger partial charge is 0.756 e. The van der Waals surface area contributed by atoms with E-state index in [1.54, 1.807) is 6.08 Å². The molecule has 0 radical (unpaired) electrons. The van der Waals surface area contributed by atoms with Gasteiger partial charge in [0, 0.05) is 6.42 Å². The van der Waals surface area contributed by atoms with Gasteiger partial charge in [-0.25, -0.2) is 0 Å². The zero-order chi connectivity index (χ0) is 58.4. The van der Waals surface area contributed by atoms with E-state index >= 15 is 0 Å². The number of rotatable bonds is 66. The number of phosphoric acid groups is 1. The Kier molecular flexibility index (Phi) is 61.3. The number of carbonyl (C=O) groups excluding carboxylic acids is 1. The van der Waals surface area contributed by atoms with Crippen molar-refractivity contribution in [3.63, 3.8) is 0 Å². The van der Waals surface area contributed by atoms with Crippen LogP contribution >= 0.6 is 7.82 Å². The molecule has 8 nitrogen and oxygen atoms in total. The SMILES string of the molecule is CCCCCCC/C=C\C/C=C\CCCCCCCCCCCCCCCCCCCCCCCC(=O)NC(COP(=O)([O-])OCC[N+](C)(C)C)C(O)/C=C/CCCCCCCCCCCCCCCCCCCCCCCCC. The average molecular weight is 1150 g/mol. The molecular formula is C71H139N2O6P. The molecule has 0 heterocycles. The number of likely N-dealkylation sites (N-methyl/N-ethyl adjacent to an activating group) is 1. The lowest BCUT2D eigenvalue weighted by Gasteiger charge is -2.29. The van der Waals surface area contributed by atoms with Crippen molar-refractivity contribution in [2.45, 2.75) is 373 Å². The summed E-state index contributed by atoms with van der Waals surface area (Å²) in [6.45, 7) is 4.70. The Bertz CT molecular complexity index is 1400. The second kappa shape index (κ2) is 62.3. The van der Waals surface area contributed by atoms with E-state index < -0.39 is 20.0 Å². The molecule has 3 atom stereocenters. The van der Waals surface area contributed by atoms with Gasteiger partial charge < -0.3 is 28.8 Å². The molecule has 0 saturated carbocycles. The molecule has 0 bridgehead atoms. The van der Waals surface area contributed by atoms with Crippen LogP contribution in [0.25, 0.3) is 0 Å². The molecule has 0 spiro atoms. The second-order valence-electron chi connectivity index (χ2n) is 25.6. The van der Waals surface area contributed by atoms with E-state index in [1.807, 2.05) is 27.2 Å². The first kappa shape index (κ1) is 78.7. The molecule has 474 valence electrons. The lowest BCUT2D eigenvalue weighted by atomic mass is 10.0. The van der Waals surface area contributed by atoms with Crippen molar-refractivity contribution < 1.29 is 32.9 Å². The third-order valence-electron chi connectivity index (χ3n) is 16.3. The van der Waals surface area contributed by atoms with Crippen LogP contribution in [0.2, 0.25) is 0 Å². The van der Waals surface area contributed by atoms with E-state index in [-0.39, 0.29) is 19.1 Å². The Balaban J connectivity index is 4.02. The first-order valence-corrected chi connectivity index (χ1v) is 36.8. The number of quaternary nitrogens is 1. The van der Waals surface area contributed by atoms with Gasteiger partial charge in [0.15, 0.2) is 0 Å². The van der Waals surface area contributed by atoms with Gasteiger partial charge in [0.25, 0.3) is 7.82 Å². The van der Waals surface area contributed by atoms with Gasteiger partial charge in [0.2, 0.25) is 5.91 Å². The van der Waals surface area contributed by atoms with E-state index in [2.05, 4.69) is 43.5 Å². The minimum absolute atomic E-state index is 0.00129. The minimum Gasteiger partial charge on any atom is -0.756 e. The fourth-order valence-corrected chi connectivity index (χ4v) is 11.6. The maximum absolute atomic E-state index is 13.0. The van der Waals surface area contributed by atoms with E-state index in [4.69, 9.17) is 9.05 Å². The number of aliphatic hydroxyl groups is 1. The van der Waals surface area contributed by atoms with Gasteiger partial charge in [-0.05, 0) is 51.4 Å². The van der Waals surface area contributed by atoms with Gasteiger partial charge in [-0.15, -0.1) is 0 Å². The predicted octanol–water partition coefficient (Wildman–Crippen LogP) is 21.8. The second-order valence-corrected chi connectivity index (χ2v) is 27.0. The highest BCUT2D eigenvalue weighted by Gasteiger charge is 2.23. The third-order valence-corrected chi connectivity index (χ3v) is 17.3. The maximum Gasteiger partial charge on any atom is 0.268 e. The van der Waals surface area contributed by atoms with Gasteiger partial charge in [-0.3, -0.25) is 9.36 Å². The summed E-state index contributed by atoms with van der Waals surface area (Å²) in [5, 5.41) is 14.0. The van der Waals surface area contributed by atoms with Crippen LogP contribution in [0.5, 0.6) is 0 Å². The predicted molar refractivity (Wildman–Crippen MR) is 348 cm³/mol. The maximum atomic E-state index is 13.0. The van der Waals surface area contributed by atoms with E-state index in [9.17, 15) is 19.4 Å². The van der Waals surface area contributed by atoms with Crippen LogP contribution in [-0.4, -0.2) is 68.5 Å². The van der Waals surface area contributed by atoms with Crippen molar-refractivity contribution in [1.29, 1.82) is 0 Å². The summed E-state index contributed by atoms with van der Waals surface area (Å²) in [5.74, 6) is -0.190. The number of amides is 1. The van der Waals surface area contributed by atoms with E-state index in [0.29, 0.717) is 17.4 Å². The number of aliphatic hydroxyl groups excluding tert-OH is 1. The molecule has 0 aliphatic carbocycles. The number of nitrogens with one attached hydrogen (secondary N) is 1. The molecule has 3 unspecified atom stereocenters. The highest BCUT2D eigenvalue weighted by Crippen LogP contribution is 2.38. The van der Waals surface area contributed by atoms with Gasteiger partial charge in [0.05, 0.1) is 39.9 Å². The molecule has 0 aromatic heterocycles. The highest BCUT2D eigenvalue weighted by molar-refractivity contribution is 7.45. The quantitative estimate of drug-likeness (QED) is 0.0272. The van der Waals surface area contributed by atoms with Gasteiger partial charge in [-0.2, -0.15) is 0 Å². The molecule has 0 aromatic rings. The first-order valence-electron chi connectivity index (χ1n) is 35.4. The summed E-state index contributed by atoms with van der Waals surface area (Å²) in [4.78, 5) is 25.6. The third kappa shape index (κ3) is 64.3. The van der Waals surface area contributed by atoms with Gasteiger partial charge in [-0.1, -0.05) is 339 Å². The van der Waals surface area contributed by atoms with Crippen molar-refractivity contribution in [2.75, 3.05) is 40.9 Å². The molecule has 0 aliphatic rings. The average Bonchev–Trinajstić information content (AvgIpc) is 3.42. The molecule has 2 N–H and O–H groups in total. The van der Waals surface area contributed by atoms with Crippen LogP contribution in [0, 0.1) is 0 Å². The molecule has 0 fully saturated rings. The number of nitrogens with zero attached hydrogens (tertiary/aromatic N) is 1. The number of allylic oxidation sites excluding steroid dienone is 5. The molecule has 80 heavy (non-hydrogen) atoms. The Hall–Kier alpha value is -1.28. The lowest BCUT2D eigenvalue weighted by Crippen LogP contribution is -2.45. The zero-order valence-electron chi connectivity index (χ0n) is 54.3. The topological polar surface area (TPSA) is 108 Å². The van der Waals surface area contributed by atoms with Crippen molar-refractivity contribution in [1.82, 2.24) is 5.32 Å². The Morgan fingerprint density at radius 3 is 1.04 bits per heavy atom. The number of unbranched alkanes of at least 4 members (excludes halogenated alkanes) is 49. The molecule has 1 amide bonds. The lowest BCUT2D eigenvalue weighted by molar-refractivity contribution is -0.870. The zero-order valence-corrected chi connectivity index (χ0v) is 55.2. The van der Waals surface area contributed by atoms with E-state index in [0.717, 1.165) is 44.9 Å². The van der Waals surface area contributed by atoms with Crippen molar-refractivity contribution in [3.05, 3.63) is 36.5 Å². The van der Waals surface area contributed by atoms with Crippen molar-refractivity contribution in [2.24, 2.45) is 0 Å². The molecule has 0 aliphatic heterocycles. The number of phosphoric ester groups is 1. The summed E-state index contributed by atoms with van der Waals surface area (Å²) in [6, 6.07) is -0.886. The van der Waals surface area contributed by atoms with E-state index in [1.165, 1.54) is 295 Å². The summed E-state index contributed by atoms with van der Waals surface area (Å²) in [6.07, 6.45) is 82.7. The fraction of sp³-hybridized carbons (Fsp3) is 0.901. The summed E-state index contributed by atoms with van der Waals surface area (Å²) >= 11 is 0. The van der Waals surface area contributed by atoms with Crippen LogP contribution in [0.1, 0.15) is 361 Å². The molecule has 0 aromatic carbocycles. The van der Waals surface area contributed by atoms with Crippen molar-refractivity contribution >= 4 is 13.7 Å². The molecular weight excluding hydrogens is 1010 g/mol. The van der Waals surface area contributed by atoms with Crippen LogP contribution in [-0.2, 0) is 18.4 Å². The van der Waals surface area contributed by atoms with Crippen LogP contribution < -0.4 is 10.2 Å². The molecule has 0 rings (SSSR count). The molecule has 0 saturated heterocycles. The highest BCUT2D eigenvalue weighted by atomic mass is 31.2. The standard InChI is InChI=1S/C71H139N2O6P/c1-6-8-10-12-14-16-18-20-22-24-26-28-30-32-33-34-35-36-37-38-39-41-43-45-47-49-51-53-55-57-59-61-63-65-71(75)72-69(68-79-80(76,77)78-67-66-73(3,4)5)70(74)64-62-60-58-56-54-52-50-48-46-44-42-40-31-29-27-25-23-21-19-17-15-13-11-9-7-2/h18,20,24,26,62,64,69-70,74H,6-17,19,21-23,25,27-61,63,65-68H2,1-5H3,(H-,72,75,76,77)/b20-18-,26-24-,64-62+. The number of hydrogen-bond acceptors (Lipinski definition) is 6. The minimum atomic E-state index is -4.60. The van der Waals surface area contributed by atoms with Crippen LogP contribution in [0.15, 0.2) is 36.5 Å². The van der Waals surface area contributed by atoms with Gasteiger partial charge >= 0.3 is 0 Å². The fourth-order valence-electron chi connectivity index (χ4n) is 10.8. The Labute approximate surface area is 499 Å². The Morgan fingerprint density at radius 2 is 0.725 bits per heavy atom. The number of carbonyl (C=O) groups is 1.